The maximum Gasteiger partial charge on any atom is 0.412 e. The fourth-order valence-electron chi connectivity index (χ4n) is 2.65. The number of methoxy groups -OCH3 is 2. The Labute approximate surface area is 128 Å². The Kier molecular flexibility index (Phi) is 3.63. The summed E-state index contributed by atoms with van der Waals surface area (Å²) in [6.45, 7) is 1.92. The molecule has 0 aliphatic carbocycles. The number of nitrogens with one attached hydrogen (secondary N) is 1. The van der Waals surface area contributed by atoms with Gasteiger partial charge in [-0.15, -0.1) is 0 Å². The summed E-state index contributed by atoms with van der Waals surface area (Å²) >= 11 is 0. The Bertz CT molecular complexity index is 701. The molecule has 0 fully saturated rings. The van der Waals surface area contributed by atoms with Crippen LogP contribution >= 0.6 is 0 Å². The minimum absolute atomic E-state index is 0.470. The summed E-state index contributed by atoms with van der Waals surface area (Å²) in [6, 6.07) is 11.3. The van der Waals surface area contributed by atoms with Crippen molar-refractivity contribution in [2.45, 2.75) is 13.0 Å². The van der Waals surface area contributed by atoms with Gasteiger partial charge in [0.05, 0.1) is 19.9 Å². The van der Waals surface area contributed by atoms with E-state index in [9.17, 15) is 4.79 Å². The molecule has 0 spiro atoms. The molecule has 1 heterocycles. The Morgan fingerprint density at radius 3 is 2.36 bits per heavy atom. The van der Waals surface area contributed by atoms with E-state index in [1.165, 1.54) is 0 Å². The highest BCUT2D eigenvalue weighted by molar-refractivity contribution is 5.88. The van der Waals surface area contributed by atoms with Gasteiger partial charge < -0.3 is 14.2 Å². The van der Waals surface area contributed by atoms with Crippen molar-refractivity contribution in [2.75, 3.05) is 19.5 Å². The first-order valence-electron chi connectivity index (χ1n) is 6.93. The van der Waals surface area contributed by atoms with Crippen molar-refractivity contribution in [1.82, 2.24) is 0 Å². The highest BCUT2D eigenvalue weighted by atomic mass is 16.6. The summed E-state index contributed by atoms with van der Waals surface area (Å²) in [6.07, 6.45) is -0.962. The lowest BCUT2D eigenvalue weighted by Gasteiger charge is -2.27. The van der Waals surface area contributed by atoms with Crippen LogP contribution in [0, 0.1) is 6.92 Å². The first-order valence-corrected chi connectivity index (χ1v) is 6.93. The van der Waals surface area contributed by atoms with Gasteiger partial charge in [-0.1, -0.05) is 18.2 Å². The van der Waals surface area contributed by atoms with Crippen LogP contribution in [-0.2, 0) is 4.74 Å². The molecule has 5 nitrogen and oxygen atoms in total. The fourth-order valence-corrected chi connectivity index (χ4v) is 2.65. The summed E-state index contributed by atoms with van der Waals surface area (Å²) in [5.41, 5.74) is 3.36. The van der Waals surface area contributed by atoms with Crippen LogP contribution in [0.3, 0.4) is 0 Å². The molecular formula is C17H17NO4. The second-order valence-corrected chi connectivity index (χ2v) is 5.05. The molecule has 0 aromatic heterocycles. The van der Waals surface area contributed by atoms with E-state index in [4.69, 9.17) is 14.2 Å². The molecule has 0 bridgehead atoms. The molecule has 0 radical (unpaired) electrons. The molecule has 22 heavy (non-hydrogen) atoms. The molecule has 5 heteroatoms. The van der Waals surface area contributed by atoms with Crippen LogP contribution in [0.5, 0.6) is 11.5 Å². The summed E-state index contributed by atoms with van der Waals surface area (Å²) in [5, 5.41) is 2.70. The minimum Gasteiger partial charge on any atom is -0.496 e. The number of carbonyl (C=O) groups is 1. The topological polar surface area (TPSA) is 56.8 Å². The molecule has 3 rings (SSSR count). The normalized spacial score (nSPS) is 16.3. The molecule has 0 saturated heterocycles. The molecule has 1 aliphatic heterocycles. The van der Waals surface area contributed by atoms with Crippen LogP contribution in [0.2, 0.25) is 0 Å². The standard InChI is InChI=1S/C17H17NO4/c1-10-14(20-2)8-11(9-15(10)21-3)16-12-6-4-5-7-13(12)18-17(19)22-16/h4-9,16H,1-3H3,(H,18,19). The summed E-state index contributed by atoms with van der Waals surface area (Å²) < 4.78 is 16.3. The predicted molar refractivity (Wildman–Crippen MR) is 82.7 cm³/mol. The Balaban J connectivity index is 2.13. The summed E-state index contributed by atoms with van der Waals surface area (Å²) in [7, 11) is 3.21. The third kappa shape index (κ3) is 2.35. The van der Waals surface area contributed by atoms with Gasteiger partial charge in [-0.2, -0.15) is 0 Å². The van der Waals surface area contributed by atoms with Crippen LogP contribution in [-0.4, -0.2) is 20.3 Å². The molecule has 1 aliphatic rings. The highest BCUT2D eigenvalue weighted by Crippen LogP contribution is 2.39. The van der Waals surface area contributed by atoms with E-state index in [-0.39, 0.29) is 0 Å². The third-order valence-corrected chi connectivity index (χ3v) is 3.78. The molecule has 2 aromatic rings. The second kappa shape index (κ2) is 5.60. The Morgan fingerprint density at radius 2 is 1.73 bits per heavy atom. The van der Waals surface area contributed by atoms with E-state index in [1.54, 1.807) is 14.2 Å². The van der Waals surface area contributed by atoms with Gasteiger partial charge in [-0.25, -0.2) is 4.79 Å². The first kappa shape index (κ1) is 14.3. The lowest BCUT2D eigenvalue weighted by molar-refractivity contribution is 0.126. The molecular weight excluding hydrogens is 282 g/mol. The van der Waals surface area contributed by atoms with E-state index in [1.807, 2.05) is 43.3 Å². The Morgan fingerprint density at radius 1 is 1.09 bits per heavy atom. The van der Waals surface area contributed by atoms with Gasteiger partial charge >= 0.3 is 6.09 Å². The lowest BCUT2D eigenvalue weighted by atomic mass is 9.97. The van der Waals surface area contributed by atoms with E-state index in [0.29, 0.717) is 11.5 Å². The third-order valence-electron chi connectivity index (χ3n) is 3.78. The van der Waals surface area contributed by atoms with Gasteiger partial charge in [-0.3, -0.25) is 5.32 Å². The number of para-hydroxylation sites is 1. The van der Waals surface area contributed by atoms with Crippen molar-refractivity contribution in [3.63, 3.8) is 0 Å². The maximum atomic E-state index is 11.8. The van der Waals surface area contributed by atoms with Crippen LogP contribution in [0.25, 0.3) is 0 Å². The molecule has 114 valence electrons. The number of carbonyl (C=O) groups excluding carboxylic acids is 1. The zero-order valence-electron chi connectivity index (χ0n) is 12.7. The molecule has 2 aromatic carbocycles. The average molecular weight is 299 g/mol. The smallest absolute Gasteiger partial charge is 0.412 e. The van der Waals surface area contributed by atoms with E-state index < -0.39 is 12.2 Å². The van der Waals surface area contributed by atoms with E-state index in [0.717, 1.165) is 22.4 Å². The predicted octanol–water partition coefficient (Wildman–Crippen LogP) is 3.66. The molecule has 1 atom stereocenters. The van der Waals surface area contributed by atoms with Crippen LogP contribution in [0.1, 0.15) is 22.8 Å². The second-order valence-electron chi connectivity index (χ2n) is 5.05. The van der Waals surface area contributed by atoms with Crippen molar-refractivity contribution in [3.05, 3.63) is 53.1 Å². The fraction of sp³-hybridized carbons (Fsp3) is 0.235. The van der Waals surface area contributed by atoms with E-state index >= 15 is 0 Å². The lowest BCUT2D eigenvalue weighted by Crippen LogP contribution is -2.25. The minimum atomic E-state index is -0.492. The van der Waals surface area contributed by atoms with Crippen molar-refractivity contribution >= 4 is 11.8 Å². The van der Waals surface area contributed by atoms with Crippen LogP contribution in [0.4, 0.5) is 10.5 Å². The largest absolute Gasteiger partial charge is 0.496 e. The summed E-state index contributed by atoms with van der Waals surface area (Å²) in [5.74, 6) is 1.39. The van der Waals surface area contributed by atoms with Gasteiger partial charge in [0.25, 0.3) is 0 Å². The summed E-state index contributed by atoms with van der Waals surface area (Å²) in [4.78, 5) is 11.8. The number of hydrogen-bond donors (Lipinski definition) is 1. The van der Waals surface area contributed by atoms with Gasteiger partial charge in [0.2, 0.25) is 0 Å². The van der Waals surface area contributed by atoms with Crippen molar-refractivity contribution in [1.29, 1.82) is 0 Å². The maximum absolute atomic E-state index is 11.8. The monoisotopic (exact) mass is 299 g/mol. The molecule has 1 amide bonds. The number of amides is 1. The molecule has 1 unspecified atom stereocenters. The zero-order valence-corrected chi connectivity index (χ0v) is 12.7. The Hall–Kier alpha value is -2.69. The van der Waals surface area contributed by atoms with Gasteiger partial charge in [0, 0.05) is 16.7 Å². The number of ether oxygens (including phenoxy) is 3. The van der Waals surface area contributed by atoms with Crippen molar-refractivity contribution in [3.8, 4) is 11.5 Å². The molecule has 0 saturated carbocycles. The number of cyclic esters (lactones) is 1. The van der Waals surface area contributed by atoms with Gasteiger partial charge in [0.15, 0.2) is 6.10 Å². The molecule has 1 N–H and O–H groups in total. The van der Waals surface area contributed by atoms with E-state index in [2.05, 4.69) is 5.32 Å². The average Bonchev–Trinajstić information content (AvgIpc) is 2.54. The van der Waals surface area contributed by atoms with Crippen LogP contribution in [0.15, 0.2) is 36.4 Å². The highest BCUT2D eigenvalue weighted by Gasteiger charge is 2.28. The van der Waals surface area contributed by atoms with Gasteiger partial charge in [0.1, 0.15) is 11.5 Å². The number of hydrogen-bond acceptors (Lipinski definition) is 4. The number of anilines is 1. The number of rotatable bonds is 3. The van der Waals surface area contributed by atoms with Crippen LogP contribution < -0.4 is 14.8 Å². The number of benzene rings is 2. The first-order chi connectivity index (χ1) is 10.6. The SMILES string of the molecule is COc1cc(C2OC(=O)Nc3ccccc32)cc(OC)c1C. The van der Waals surface area contributed by atoms with Gasteiger partial charge in [-0.05, 0) is 25.1 Å². The number of fused-ring (bicyclic) bond motifs is 1. The zero-order chi connectivity index (χ0) is 15.7. The van der Waals surface area contributed by atoms with Crippen molar-refractivity contribution < 1.29 is 19.0 Å². The quantitative estimate of drug-likeness (QED) is 0.939. The van der Waals surface area contributed by atoms with Crippen molar-refractivity contribution in [2.24, 2.45) is 0 Å².